The minimum absolute atomic E-state index is 0.00756. The van der Waals surface area contributed by atoms with Gasteiger partial charge in [-0.2, -0.15) is 0 Å². The number of carbonyl (C=O) groups is 1. The monoisotopic (exact) mass is 330 g/mol. The molecular weight excluding hydrogens is 311 g/mol. The van der Waals surface area contributed by atoms with Crippen LogP contribution in [0.5, 0.6) is 0 Å². The van der Waals surface area contributed by atoms with Gasteiger partial charge < -0.3 is 4.90 Å². The Morgan fingerprint density at radius 3 is 2.71 bits per heavy atom. The van der Waals surface area contributed by atoms with Gasteiger partial charge in [-0.3, -0.25) is 9.78 Å². The van der Waals surface area contributed by atoms with Gasteiger partial charge in [-0.05, 0) is 29.9 Å². The van der Waals surface area contributed by atoms with Crippen LogP contribution in [-0.4, -0.2) is 38.7 Å². The molecule has 2 heterocycles. The highest BCUT2D eigenvalue weighted by atomic mass is 19.1. The predicted molar refractivity (Wildman–Crippen MR) is 85.2 cm³/mol. The Hall–Kier alpha value is -2.44. The van der Waals surface area contributed by atoms with E-state index in [0.29, 0.717) is 18.7 Å². The number of aryl methyl sites for hydroxylation is 1. The van der Waals surface area contributed by atoms with Gasteiger partial charge in [0.2, 0.25) is 5.82 Å². The van der Waals surface area contributed by atoms with Crippen molar-refractivity contribution in [1.29, 1.82) is 0 Å². The predicted octanol–water partition coefficient (Wildman–Crippen LogP) is 1.66. The zero-order chi connectivity index (χ0) is 16.9. The Balaban J connectivity index is 1.65. The largest absolute Gasteiger partial charge is 0.343 e. The lowest BCUT2D eigenvalue weighted by atomic mass is 9.61. The second-order valence-electron chi connectivity index (χ2n) is 6.88. The molecule has 2 aliphatic rings. The van der Waals surface area contributed by atoms with Crippen molar-refractivity contribution in [3.05, 3.63) is 52.0 Å². The molecule has 1 aliphatic carbocycles. The number of aromatic amines is 1. The van der Waals surface area contributed by atoms with Crippen LogP contribution in [0.1, 0.15) is 41.4 Å². The van der Waals surface area contributed by atoms with Gasteiger partial charge in [-0.15, -0.1) is 5.10 Å². The molecule has 24 heavy (non-hydrogen) atoms. The quantitative estimate of drug-likeness (QED) is 0.910. The van der Waals surface area contributed by atoms with E-state index in [2.05, 4.69) is 10.1 Å². The number of carbonyl (C=O) groups excluding carboxylic acids is 1. The van der Waals surface area contributed by atoms with Crippen molar-refractivity contribution in [2.45, 2.75) is 25.2 Å². The van der Waals surface area contributed by atoms with Gasteiger partial charge in [-0.25, -0.2) is 13.9 Å². The van der Waals surface area contributed by atoms with Gasteiger partial charge in [0, 0.05) is 26.1 Å². The standard InChI is InChI=1S/C17H19FN4O2/c1-21-16(24)19-14(20-21)15(23)22-9-12(17(10-22)7-4-8-17)11-5-2-3-6-13(11)18/h2-3,5-6,12H,4,7-10H2,1H3,(H,19,20,24). The van der Waals surface area contributed by atoms with Gasteiger partial charge >= 0.3 is 5.69 Å². The van der Waals surface area contributed by atoms with Crippen molar-refractivity contribution in [3.63, 3.8) is 0 Å². The summed E-state index contributed by atoms with van der Waals surface area (Å²) < 4.78 is 15.4. The van der Waals surface area contributed by atoms with Crippen molar-refractivity contribution in [1.82, 2.24) is 19.7 Å². The normalized spacial score (nSPS) is 21.9. The molecule has 4 rings (SSSR count). The van der Waals surface area contributed by atoms with E-state index < -0.39 is 5.69 Å². The maximum absolute atomic E-state index is 14.3. The summed E-state index contributed by atoms with van der Waals surface area (Å²) in [5, 5.41) is 3.94. The van der Waals surface area contributed by atoms with E-state index in [1.54, 1.807) is 11.0 Å². The lowest BCUT2D eigenvalue weighted by Gasteiger charge is -2.43. The summed E-state index contributed by atoms with van der Waals surface area (Å²) >= 11 is 0. The maximum Gasteiger partial charge on any atom is 0.343 e. The minimum Gasteiger partial charge on any atom is -0.335 e. The summed E-state index contributed by atoms with van der Waals surface area (Å²) in [6.45, 7) is 1.04. The molecule has 1 aromatic carbocycles. The fourth-order valence-electron chi connectivity index (χ4n) is 4.10. The Morgan fingerprint density at radius 2 is 2.12 bits per heavy atom. The Morgan fingerprint density at radius 1 is 1.38 bits per heavy atom. The highest BCUT2D eigenvalue weighted by molar-refractivity contribution is 5.90. The molecule has 2 fully saturated rings. The van der Waals surface area contributed by atoms with Crippen LogP contribution >= 0.6 is 0 Å². The second-order valence-corrected chi connectivity index (χ2v) is 6.88. The number of benzene rings is 1. The van der Waals surface area contributed by atoms with Crippen LogP contribution < -0.4 is 5.69 Å². The first-order chi connectivity index (χ1) is 11.5. The molecule has 1 atom stereocenters. The van der Waals surface area contributed by atoms with E-state index in [-0.39, 0.29) is 28.9 Å². The van der Waals surface area contributed by atoms with E-state index >= 15 is 0 Å². The first-order valence-corrected chi connectivity index (χ1v) is 8.17. The summed E-state index contributed by atoms with van der Waals surface area (Å²) in [6, 6.07) is 6.81. The third-order valence-corrected chi connectivity index (χ3v) is 5.54. The number of aromatic nitrogens is 3. The van der Waals surface area contributed by atoms with Crippen LogP contribution in [0, 0.1) is 11.2 Å². The zero-order valence-electron chi connectivity index (χ0n) is 13.5. The average molecular weight is 330 g/mol. The lowest BCUT2D eigenvalue weighted by Crippen LogP contribution is -2.38. The first kappa shape index (κ1) is 15.1. The van der Waals surface area contributed by atoms with Crippen LogP contribution in [0.2, 0.25) is 0 Å². The first-order valence-electron chi connectivity index (χ1n) is 8.17. The van der Waals surface area contributed by atoms with Crippen LogP contribution in [0.25, 0.3) is 0 Å². The summed E-state index contributed by atoms with van der Waals surface area (Å²) in [5.74, 6) is -0.467. The Labute approximate surface area is 138 Å². The molecule has 7 heteroatoms. The minimum atomic E-state index is -0.415. The molecule has 1 aliphatic heterocycles. The number of H-pyrrole nitrogens is 1. The van der Waals surface area contributed by atoms with Gasteiger partial charge in [0.05, 0.1) is 0 Å². The van der Waals surface area contributed by atoms with Gasteiger partial charge in [0.1, 0.15) is 5.82 Å². The fourth-order valence-corrected chi connectivity index (χ4v) is 4.10. The van der Waals surface area contributed by atoms with E-state index in [4.69, 9.17) is 0 Å². The van der Waals surface area contributed by atoms with E-state index in [9.17, 15) is 14.0 Å². The molecule has 1 saturated carbocycles. The van der Waals surface area contributed by atoms with Crippen molar-refractivity contribution in [3.8, 4) is 0 Å². The van der Waals surface area contributed by atoms with Crippen LogP contribution in [-0.2, 0) is 7.05 Å². The van der Waals surface area contributed by atoms with Crippen LogP contribution in [0.4, 0.5) is 4.39 Å². The molecule has 1 N–H and O–H groups in total. The number of likely N-dealkylation sites (tertiary alicyclic amines) is 1. The number of rotatable bonds is 2. The zero-order valence-corrected chi connectivity index (χ0v) is 13.5. The molecule has 1 amide bonds. The van der Waals surface area contributed by atoms with Gasteiger partial charge in [0.15, 0.2) is 0 Å². The summed E-state index contributed by atoms with van der Waals surface area (Å²) in [6.07, 6.45) is 3.09. The highest BCUT2D eigenvalue weighted by Gasteiger charge is 2.52. The molecule has 1 unspecified atom stereocenters. The van der Waals surface area contributed by atoms with Crippen molar-refractivity contribution < 1.29 is 9.18 Å². The Bertz CT molecular complexity index is 852. The number of nitrogens with zero attached hydrogens (tertiary/aromatic N) is 3. The third-order valence-electron chi connectivity index (χ3n) is 5.54. The molecule has 1 aromatic heterocycles. The molecule has 2 aromatic rings. The Kier molecular flexibility index (Phi) is 3.33. The van der Waals surface area contributed by atoms with Crippen molar-refractivity contribution in [2.24, 2.45) is 12.5 Å². The van der Waals surface area contributed by atoms with E-state index in [1.165, 1.54) is 13.1 Å². The molecule has 0 bridgehead atoms. The van der Waals surface area contributed by atoms with Crippen LogP contribution in [0.15, 0.2) is 29.1 Å². The number of halogens is 1. The molecule has 1 spiro atoms. The van der Waals surface area contributed by atoms with Gasteiger partial charge in [0.25, 0.3) is 5.91 Å². The highest BCUT2D eigenvalue weighted by Crippen LogP contribution is 2.56. The maximum atomic E-state index is 14.3. The van der Waals surface area contributed by atoms with E-state index in [1.807, 2.05) is 12.1 Å². The number of nitrogens with one attached hydrogen (secondary N) is 1. The molecule has 6 nitrogen and oxygen atoms in total. The molecule has 0 radical (unpaired) electrons. The summed E-state index contributed by atoms with van der Waals surface area (Å²) in [4.78, 5) is 28.4. The number of hydrogen-bond acceptors (Lipinski definition) is 3. The van der Waals surface area contributed by atoms with E-state index in [0.717, 1.165) is 23.9 Å². The second kappa shape index (κ2) is 5.29. The third kappa shape index (κ3) is 2.18. The topological polar surface area (TPSA) is 71.0 Å². The molecule has 1 saturated heterocycles. The molecular formula is C17H19FN4O2. The summed E-state index contributed by atoms with van der Waals surface area (Å²) in [5.41, 5.74) is 0.219. The summed E-state index contributed by atoms with van der Waals surface area (Å²) in [7, 11) is 1.50. The number of hydrogen-bond donors (Lipinski definition) is 1. The average Bonchev–Trinajstić information content (AvgIpc) is 3.08. The lowest BCUT2D eigenvalue weighted by molar-refractivity contribution is 0.0713. The molecule has 126 valence electrons. The van der Waals surface area contributed by atoms with Gasteiger partial charge in [-0.1, -0.05) is 24.6 Å². The van der Waals surface area contributed by atoms with Crippen LogP contribution in [0.3, 0.4) is 0 Å². The fraction of sp³-hybridized carbons (Fsp3) is 0.471. The SMILES string of the molecule is Cn1nc(C(=O)N2CC(c3ccccc3F)C3(CCC3)C2)[nH]c1=O. The van der Waals surface area contributed by atoms with Crippen molar-refractivity contribution >= 4 is 5.91 Å². The van der Waals surface area contributed by atoms with Crippen molar-refractivity contribution in [2.75, 3.05) is 13.1 Å². The smallest absolute Gasteiger partial charge is 0.335 e. The number of amides is 1.